The fourth-order valence-electron chi connectivity index (χ4n) is 3.61. The summed E-state index contributed by atoms with van der Waals surface area (Å²) in [5.41, 5.74) is 3.93. The third-order valence-electron chi connectivity index (χ3n) is 5.54. The number of benzene rings is 2. The molecule has 6 nitrogen and oxygen atoms in total. The molecule has 0 saturated carbocycles. The molecule has 0 radical (unpaired) electrons. The van der Waals surface area contributed by atoms with Crippen LogP contribution in [0.25, 0.3) is 11.3 Å². The van der Waals surface area contributed by atoms with Crippen molar-refractivity contribution in [3.05, 3.63) is 71.8 Å². The van der Waals surface area contributed by atoms with Crippen LogP contribution in [0, 0.1) is 0 Å². The second-order valence-electron chi connectivity index (χ2n) is 7.33. The van der Waals surface area contributed by atoms with Crippen molar-refractivity contribution in [3.63, 3.8) is 0 Å². The van der Waals surface area contributed by atoms with Gasteiger partial charge in [0.2, 0.25) is 0 Å². The third-order valence-corrected chi connectivity index (χ3v) is 5.54. The lowest BCUT2D eigenvalue weighted by molar-refractivity contribution is 0.0746. The van der Waals surface area contributed by atoms with Gasteiger partial charge in [-0.1, -0.05) is 31.2 Å². The van der Waals surface area contributed by atoms with Crippen LogP contribution in [0.15, 0.2) is 60.7 Å². The Bertz CT molecular complexity index is 977. The smallest absolute Gasteiger partial charge is 0.253 e. The molecule has 30 heavy (non-hydrogen) atoms. The normalized spacial score (nSPS) is 13.9. The first-order valence-electron chi connectivity index (χ1n) is 10.3. The van der Waals surface area contributed by atoms with Gasteiger partial charge in [-0.2, -0.15) is 0 Å². The van der Waals surface area contributed by atoms with Crippen molar-refractivity contribution in [2.45, 2.75) is 13.3 Å². The van der Waals surface area contributed by atoms with E-state index in [1.54, 1.807) is 7.11 Å². The highest BCUT2D eigenvalue weighted by atomic mass is 16.5. The third kappa shape index (κ3) is 4.27. The minimum atomic E-state index is 0.0502. The Kier molecular flexibility index (Phi) is 5.93. The fraction of sp³-hybridized carbons (Fsp3) is 0.292. The number of aromatic nitrogens is 2. The summed E-state index contributed by atoms with van der Waals surface area (Å²) in [4.78, 5) is 16.8. The van der Waals surface area contributed by atoms with E-state index in [1.165, 1.54) is 5.56 Å². The average molecular weight is 402 g/mol. The number of hydrogen-bond acceptors (Lipinski definition) is 5. The second-order valence-corrected chi connectivity index (χ2v) is 7.33. The van der Waals surface area contributed by atoms with Gasteiger partial charge in [-0.15, -0.1) is 10.2 Å². The van der Waals surface area contributed by atoms with Gasteiger partial charge in [-0.25, -0.2) is 0 Å². The zero-order valence-electron chi connectivity index (χ0n) is 17.4. The van der Waals surface area contributed by atoms with Crippen LogP contribution in [0.5, 0.6) is 5.75 Å². The van der Waals surface area contributed by atoms with Gasteiger partial charge >= 0.3 is 0 Å². The van der Waals surface area contributed by atoms with Crippen molar-refractivity contribution in [1.29, 1.82) is 0 Å². The maximum atomic E-state index is 12.7. The van der Waals surface area contributed by atoms with Crippen molar-refractivity contribution in [2.75, 3.05) is 38.2 Å². The summed E-state index contributed by atoms with van der Waals surface area (Å²) in [6.07, 6.45) is 1.03. The number of hydrogen-bond donors (Lipinski definition) is 0. The molecule has 2 heterocycles. The topological polar surface area (TPSA) is 58.6 Å². The number of anilines is 1. The van der Waals surface area contributed by atoms with Crippen LogP contribution >= 0.6 is 0 Å². The summed E-state index contributed by atoms with van der Waals surface area (Å²) >= 11 is 0. The Morgan fingerprint density at radius 2 is 1.60 bits per heavy atom. The first kappa shape index (κ1) is 19.9. The molecule has 1 fully saturated rings. The Morgan fingerprint density at radius 1 is 0.900 bits per heavy atom. The quantitative estimate of drug-likeness (QED) is 0.652. The van der Waals surface area contributed by atoms with Gasteiger partial charge in [0.1, 0.15) is 5.75 Å². The van der Waals surface area contributed by atoms with Gasteiger partial charge in [0.15, 0.2) is 5.82 Å². The Balaban J connectivity index is 1.36. The molecule has 4 rings (SSSR count). The number of aryl methyl sites for hydroxylation is 1. The number of nitrogens with zero attached hydrogens (tertiary/aromatic N) is 4. The molecule has 0 bridgehead atoms. The number of amides is 1. The van der Waals surface area contributed by atoms with Crippen molar-refractivity contribution < 1.29 is 9.53 Å². The molecule has 0 spiro atoms. The maximum Gasteiger partial charge on any atom is 0.253 e. The summed E-state index contributed by atoms with van der Waals surface area (Å²) in [7, 11) is 1.62. The number of rotatable bonds is 5. The predicted molar refractivity (Wildman–Crippen MR) is 118 cm³/mol. The number of ether oxygens (including phenoxy) is 1. The van der Waals surface area contributed by atoms with E-state index in [0.717, 1.165) is 42.3 Å². The van der Waals surface area contributed by atoms with E-state index in [4.69, 9.17) is 4.74 Å². The summed E-state index contributed by atoms with van der Waals surface area (Å²) < 4.78 is 5.16. The summed E-state index contributed by atoms with van der Waals surface area (Å²) in [5.74, 6) is 1.65. The summed E-state index contributed by atoms with van der Waals surface area (Å²) in [6.45, 7) is 4.94. The van der Waals surface area contributed by atoms with E-state index in [1.807, 2.05) is 41.3 Å². The molecule has 154 valence electrons. The lowest BCUT2D eigenvalue weighted by Crippen LogP contribution is -2.49. The molecule has 1 aliphatic rings. The van der Waals surface area contributed by atoms with Crippen LogP contribution in [0.2, 0.25) is 0 Å². The van der Waals surface area contributed by atoms with Gasteiger partial charge < -0.3 is 14.5 Å². The Morgan fingerprint density at radius 3 is 2.17 bits per heavy atom. The minimum Gasteiger partial charge on any atom is -0.497 e. The molecule has 0 aliphatic carbocycles. The monoisotopic (exact) mass is 402 g/mol. The van der Waals surface area contributed by atoms with E-state index < -0.39 is 0 Å². The number of piperazine rings is 1. The van der Waals surface area contributed by atoms with E-state index in [9.17, 15) is 4.79 Å². The van der Waals surface area contributed by atoms with E-state index in [-0.39, 0.29) is 5.91 Å². The molecule has 3 aromatic rings. The number of carbonyl (C=O) groups is 1. The fourth-order valence-corrected chi connectivity index (χ4v) is 3.61. The zero-order chi connectivity index (χ0) is 20.9. The highest BCUT2D eigenvalue weighted by Gasteiger charge is 2.23. The Labute approximate surface area is 177 Å². The molecule has 1 amide bonds. The van der Waals surface area contributed by atoms with Crippen LogP contribution in [-0.4, -0.2) is 54.3 Å². The van der Waals surface area contributed by atoms with Crippen LogP contribution in [-0.2, 0) is 6.42 Å². The first-order chi connectivity index (χ1) is 14.7. The second kappa shape index (κ2) is 8.95. The standard InChI is InChI=1S/C24H26N4O2/c1-3-18-4-6-19(7-5-18)22-12-13-23(26-25-22)27-14-16-28(17-15-27)24(29)20-8-10-21(30-2)11-9-20/h4-13H,3,14-17H2,1-2H3. The minimum absolute atomic E-state index is 0.0502. The van der Waals surface area contributed by atoms with Gasteiger partial charge in [-0.05, 0) is 48.4 Å². The van der Waals surface area contributed by atoms with E-state index in [0.29, 0.717) is 18.7 Å². The van der Waals surface area contributed by atoms with Gasteiger partial charge in [-0.3, -0.25) is 4.79 Å². The number of carbonyl (C=O) groups excluding carboxylic acids is 1. The van der Waals surface area contributed by atoms with Crippen molar-refractivity contribution in [2.24, 2.45) is 0 Å². The molecule has 2 aromatic carbocycles. The van der Waals surface area contributed by atoms with Crippen molar-refractivity contribution in [1.82, 2.24) is 15.1 Å². The van der Waals surface area contributed by atoms with Gasteiger partial charge in [0.25, 0.3) is 5.91 Å². The molecule has 1 aliphatic heterocycles. The largest absolute Gasteiger partial charge is 0.497 e. The van der Waals surface area contributed by atoms with Crippen LogP contribution in [0.4, 0.5) is 5.82 Å². The Hall–Kier alpha value is -3.41. The molecular formula is C24H26N4O2. The molecule has 6 heteroatoms. The van der Waals surface area contributed by atoms with Crippen molar-refractivity contribution >= 4 is 11.7 Å². The van der Waals surface area contributed by atoms with Crippen LogP contribution in [0.3, 0.4) is 0 Å². The van der Waals surface area contributed by atoms with E-state index >= 15 is 0 Å². The molecule has 0 atom stereocenters. The average Bonchev–Trinajstić information content (AvgIpc) is 2.84. The number of methoxy groups -OCH3 is 1. The highest BCUT2D eigenvalue weighted by molar-refractivity contribution is 5.94. The molecular weight excluding hydrogens is 376 g/mol. The van der Waals surface area contributed by atoms with E-state index in [2.05, 4.69) is 46.3 Å². The lowest BCUT2D eigenvalue weighted by atomic mass is 10.1. The van der Waals surface area contributed by atoms with Crippen LogP contribution in [0.1, 0.15) is 22.8 Å². The zero-order valence-corrected chi connectivity index (χ0v) is 17.4. The maximum absolute atomic E-state index is 12.7. The highest BCUT2D eigenvalue weighted by Crippen LogP contribution is 2.21. The summed E-state index contributed by atoms with van der Waals surface area (Å²) in [6, 6.07) is 19.7. The van der Waals surface area contributed by atoms with Gasteiger partial charge in [0.05, 0.1) is 12.8 Å². The molecule has 1 saturated heterocycles. The van der Waals surface area contributed by atoms with Crippen molar-refractivity contribution in [3.8, 4) is 17.0 Å². The predicted octanol–water partition coefficient (Wildman–Crippen LogP) is 3.68. The van der Waals surface area contributed by atoms with Gasteiger partial charge in [0, 0.05) is 37.3 Å². The lowest BCUT2D eigenvalue weighted by Gasteiger charge is -2.35. The molecule has 1 aromatic heterocycles. The summed E-state index contributed by atoms with van der Waals surface area (Å²) in [5, 5.41) is 8.84. The molecule has 0 unspecified atom stereocenters. The first-order valence-corrected chi connectivity index (χ1v) is 10.3. The molecule has 0 N–H and O–H groups in total. The van der Waals surface area contributed by atoms with Crippen LogP contribution < -0.4 is 9.64 Å². The SMILES string of the molecule is CCc1ccc(-c2ccc(N3CCN(C(=O)c4ccc(OC)cc4)CC3)nn2)cc1.